The summed E-state index contributed by atoms with van der Waals surface area (Å²) < 4.78 is 13.3. The molecule has 1 fully saturated rings. The van der Waals surface area contributed by atoms with Gasteiger partial charge in [-0.2, -0.15) is 0 Å². The average Bonchev–Trinajstić information content (AvgIpc) is 2.32. The minimum atomic E-state index is -0.444. The zero-order valence-corrected chi connectivity index (χ0v) is 9.97. The minimum absolute atomic E-state index is 0.0597. The molecule has 16 heavy (non-hydrogen) atoms. The van der Waals surface area contributed by atoms with Crippen molar-refractivity contribution in [2.45, 2.75) is 25.3 Å². The Balaban J connectivity index is 2.23. The van der Waals surface area contributed by atoms with Crippen LogP contribution in [-0.4, -0.2) is 23.6 Å². The molecule has 0 saturated carbocycles. The Morgan fingerprint density at radius 2 is 2.38 bits per heavy atom. The first kappa shape index (κ1) is 11.8. The topological polar surface area (TPSA) is 28.2 Å². The van der Waals surface area contributed by atoms with Gasteiger partial charge in [0.25, 0.3) is 0 Å². The van der Waals surface area contributed by atoms with Crippen molar-refractivity contribution in [1.29, 1.82) is 0 Å². The van der Waals surface area contributed by atoms with Gasteiger partial charge in [-0.1, -0.05) is 18.0 Å². The zero-order valence-electron chi connectivity index (χ0n) is 9.21. The molecule has 5 heteroatoms. The Morgan fingerprint density at radius 3 is 3.06 bits per heavy atom. The molecule has 88 valence electrons. The van der Waals surface area contributed by atoms with Crippen molar-refractivity contribution >= 4 is 11.6 Å². The largest absolute Gasteiger partial charge is 0.258 e. The zero-order chi connectivity index (χ0) is 11.5. The Labute approximate surface area is 99.6 Å². The number of nitrogens with one attached hydrogen (secondary N) is 1. The van der Waals surface area contributed by atoms with E-state index >= 15 is 0 Å². The molecular formula is C11H15ClFN3. The standard InChI is InChI=1S/C11H15ClFN3/c1-14-16-5-3-2-4-10(16)8-6-9(13)11(12)15-7-8/h6-7,10,14H,2-5H2,1H3/t10-/m0/s1. The van der Waals surface area contributed by atoms with Crippen LogP contribution < -0.4 is 5.43 Å². The molecule has 0 aromatic carbocycles. The van der Waals surface area contributed by atoms with Crippen molar-refractivity contribution in [3.05, 3.63) is 28.8 Å². The van der Waals surface area contributed by atoms with Crippen LogP contribution in [0.15, 0.2) is 12.3 Å². The molecule has 0 aliphatic carbocycles. The molecule has 0 amide bonds. The van der Waals surface area contributed by atoms with Crippen molar-refractivity contribution < 1.29 is 4.39 Å². The van der Waals surface area contributed by atoms with Crippen molar-refractivity contribution in [2.75, 3.05) is 13.6 Å². The molecule has 3 nitrogen and oxygen atoms in total. The number of rotatable bonds is 2. The molecule has 0 bridgehead atoms. The van der Waals surface area contributed by atoms with Gasteiger partial charge in [-0.25, -0.2) is 14.4 Å². The molecule has 1 atom stereocenters. The Hall–Kier alpha value is -0.710. The summed E-state index contributed by atoms with van der Waals surface area (Å²) in [7, 11) is 1.89. The summed E-state index contributed by atoms with van der Waals surface area (Å²) in [5.41, 5.74) is 4.02. The summed E-state index contributed by atoms with van der Waals surface area (Å²) in [5.74, 6) is -0.444. The summed E-state index contributed by atoms with van der Waals surface area (Å²) in [5, 5.41) is 2.06. The van der Waals surface area contributed by atoms with Crippen molar-refractivity contribution in [1.82, 2.24) is 15.4 Å². The van der Waals surface area contributed by atoms with Gasteiger partial charge in [0.15, 0.2) is 11.0 Å². The maximum atomic E-state index is 13.3. The molecule has 0 spiro atoms. The molecule has 1 aromatic heterocycles. The van der Waals surface area contributed by atoms with Crippen LogP contribution in [0.2, 0.25) is 5.15 Å². The number of hydrazine groups is 1. The third-order valence-corrected chi connectivity index (χ3v) is 3.27. The monoisotopic (exact) mass is 243 g/mol. The quantitative estimate of drug-likeness (QED) is 0.810. The molecule has 2 rings (SSSR count). The van der Waals surface area contributed by atoms with Crippen molar-refractivity contribution in [2.24, 2.45) is 0 Å². The predicted molar refractivity (Wildman–Crippen MR) is 61.6 cm³/mol. The number of hydrogen-bond acceptors (Lipinski definition) is 3. The minimum Gasteiger partial charge on any atom is -0.258 e. The first-order chi connectivity index (χ1) is 7.72. The second-order valence-electron chi connectivity index (χ2n) is 3.97. The van der Waals surface area contributed by atoms with E-state index in [1.807, 2.05) is 7.05 Å². The highest BCUT2D eigenvalue weighted by atomic mass is 35.5. The maximum Gasteiger partial charge on any atom is 0.164 e. The van der Waals surface area contributed by atoms with Crippen LogP contribution >= 0.6 is 11.6 Å². The molecular weight excluding hydrogens is 229 g/mol. The van der Waals surface area contributed by atoms with Crippen LogP contribution in [-0.2, 0) is 0 Å². The number of hydrogen-bond donors (Lipinski definition) is 1. The SMILES string of the molecule is CNN1CCCC[C@H]1c1cnc(Cl)c(F)c1. The van der Waals surface area contributed by atoms with Gasteiger partial charge >= 0.3 is 0 Å². The molecule has 1 saturated heterocycles. The lowest BCUT2D eigenvalue weighted by atomic mass is 9.98. The highest BCUT2D eigenvalue weighted by molar-refractivity contribution is 6.29. The normalized spacial score (nSPS) is 22.3. The van der Waals surface area contributed by atoms with Gasteiger partial charge in [0, 0.05) is 12.7 Å². The summed E-state index contributed by atoms with van der Waals surface area (Å²) in [6.45, 7) is 0.978. The Morgan fingerprint density at radius 1 is 1.56 bits per heavy atom. The van der Waals surface area contributed by atoms with E-state index in [9.17, 15) is 4.39 Å². The molecule has 0 unspecified atom stereocenters. The summed E-state index contributed by atoms with van der Waals surface area (Å²) >= 11 is 5.57. The number of piperidine rings is 1. The molecule has 0 radical (unpaired) electrons. The number of aromatic nitrogens is 1. The van der Waals surface area contributed by atoms with Gasteiger partial charge in [0.2, 0.25) is 0 Å². The predicted octanol–water partition coefficient (Wildman–Crippen LogP) is 2.54. The lowest BCUT2D eigenvalue weighted by Gasteiger charge is -2.34. The van der Waals surface area contributed by atoms with Crippen LogP contribution in [0.4, 0.5) is 4.39 Å². The second-order valence-corrected chi connectivity index (χ2v) is 4.33. The number of halogens is 2. The Bertz CT molecular complexity index is 372. The molecule has 1 N–H and O–H groups in total. The first-order valence-electron chi connectivity index (χ1n) is 5.47. The van der Waals surface area contributed by atoms with Crippen LogP contribution in [0.5, 0.6) is 0 Å². The maximum absolute atomic E-state index is 13.3. The molecule has 1 aliphatic rings. The van der Waals surface area contributed by atoms with E-state index in [0.717, 1.165) is 24.9 Å². The van der Waals surface area contributed by atoms with Crippen molar-refractivity contribution in [3.63, 3.8) is 0 Å². The first-order valence-corrected chi connectivity index (χ1v) is 5.85. The summed E-state index contributed by atoms with van der Waals surface area (Å²) in [4.78, 5) is 3.86. The van der Waals surface area contributed by atoms with Gasteiger partial charge in [0.1, 0.15) is 0 Å². The van der Waals surface area contributed by atoms with E-state index in [1.54, 1.807) is 6.20 Å². The smallest absolute Gasteiger partial charge is 0.164 e. The van der Waals surface area contributed by atoms with Crippen LogP contribution in [0.1, 0.15) is 30.9 Å². The van der Waals surface area contributed by atoms with Gasteiger partial charge in [-0.3, -0.25) is 5.43 Å². The van der Waals surface area contributed by atoms with E-state index in [2.05, 4.69) is 15.4 Å². The van der Waals surface area contributed by atoms with Crippen molar-refractivity contribution in [3.8, 4) is 0 Å². The van der Waals surface area contributed by atoms with E-state index in [-0.39, 0.29) is 11.2 Å². The lowest BCUT2D eigenvalue weighted by Crippen LogP contribution is -2.41. The fourth-order valence-corrected chi connectivity index (χ4v) is 2.27. The highest BCUT2D eigenvalue weighted by Crippen LogP contribution is 2.29. The summed E-state index contributed by atoms with van der Waals surface area (Å²) in [6, 6.07) is 1.67. The number of nitrogens with zero attached hydrogens (tertiary/aromatic N) is 2. The van der Waals surface area contributed by atoms with E-state index in [0.29, 0.717) is 0 Å². The van der Waals surface area contributed by atoms with Crippen LogP contribution in [0.3, 0.4) is 0 Å². The Kier molecular flexibility index (Phi) is 3.74. The van der Waals surface area contributed by atoms with E-state index in [4.69, 9.17) is 11.6 Å². The molecule has 2 heterocycles. The second kappa shape index (κ2) is 5.08. The molecule has 1 aromatic rings. The fourth-order valence-electron chi connectivity index (χ4n) is 2.16. The van der Waals surface area contributed by atoms with E-state index in [1.165, 1.54) is 12.5 Å². The van der Waals surface area contributed by atoms with Gasteiger partial charge in [0.05, 0.1) is 6.04 Å². The van der Waals surface area contributed by atoms with Gasteiger partial charge in [-0.15, -0.1) is 0 Å². The lowest BCUT2D eigenvalue weighted by molar-refractivity contribution is 0.0980. The third-order valence-electron chi connectivity index (χ3n) is 2.99. The van der Waals surface area contributed by atoms with E-state index < -0.39 is 5.82 Å². The fraction of sp³-hybridized carbons (Fsp3) is 0.545. The van der Waals surface area contributed by atoms with Crippen LogP contribution in [0.25, 0.3) is 0 Å². The highest BCUT2D eigenvalue weighted by Gasteiger charge is 2.23. The van der Waals surface area contributed by atoms with Crippen LogP contribution in [0, 0.1) is 5.82 Å². The van der Waals surface area contributed by atoms with Gasteiger partial charge in [-0.05, 0) is 31.5 Å². The molecule has 1 aliphatic heterocycles. The van der Waals surface area contributed by atoms with Gasteiger partial charge < -0.3 is 0 Å². The summed E-state index contributed by atoms with van der Waals surface area (Å²) in [6.07, 6.45) is 5.00. The average molecular weight is 244 g/mol. The number of pyridine rings is 1. The third kappa shape index (κ3) is 2.34.